The van der Waals surface area contributed by atoms with Crippen molar-refractivity contribution in [2.45, 2.75) is 25.3 Å². The summed E-state index contributed by atoms with van der Waals surface area (Å²) in [5.41, 5.74) is 6.26. The van der Waals surface area contributed by atoms with Gasteiger partial charge in [-0.05, 0) is 17.7 Å². The smallest absolute Gasteiger partial charge is 0.239 e. The number of rotatable bonds is 6. The molecule has 106 valence electrons. The number of nitrogens with two attached hydrogens (primary N) is 1. The molecular weight excluding hydrogens is 244 g/mol. The van der Waals surface area contributed by atoms with E-state index in [1.165, 1.54) is 0 Å². The van der Waals surface area contributed by atoms with Crippen molar-refractivity contribution in [2.24, 2.45) is 5.73 Å². The molecule has 1 atom stereocenters. The van der Waals surface area contributed by atoms with Crippen molar-refractivity contribution in [3.63, 3.8) is 0 Å². The number of hydrogen-bond acceptors (Lipinski definition) is 4. The average Bonchev–Trinajstić information content (AvgIpc) is 2.43. The third-order valence-corrected chi connectivity index (χ3v) is 3.09. The van der Waals surface area contributed by atoms with Crippen LogP contribution in [0.5, 0.6) is 5.75 Å². The highest BCUT2D eigenvalue weighted by Gasteiger charge is 2.23. The second-order valence-corrected chi connectivity index (χ2v) is 5.12. The van der Waals surface area contributed by atoms with Gasteiger partial charge in [-0.3, -0.25) is 4.79 Å². The molecule has 1 unspecified atom stereocenters. The zero-order valence-corrected chi connectivity index (χ0v) is 11.6. The number of nitrogens with one attached hydrogen (secondary N) is 1. The van der Waals surface area contributed by atoms with E-state index in [0.717, 1.165) is 11.3 Å². The zero-order valence-electron chi connectivity index (χ0n) is 11.6. The molecule has 1 rings (SSSR count). The lowest BCUT2D eigenvalue weighted by molar-refractivity contribution is -0.123. The number of carbonyl (C=O) groups is 1. The molecule has 5 nitrogen and oxygen atoms in total. The maximum absolute atomic E-state index is 11.6. The third kappa shape index (κ3) is 4.22. The summed E-state index contributed by atoms with van der Waals surface area (Å²) in [6.07, 6.45) is 0. The Labute approximate surface area is 113 Å². The molecule has 0 bridgehead atoms. The van der Waals surface area contributed by atoms with Crippen molar-refractivity contribution in [1.29, 1.82) is 0 Å². The molecule has 0 aliphatic carbocycles. The molecular formula is C14H22N2O3. The lowest BCUT2D eigenvalue weighted by Crippen LogP contribution is -2.46. The molecule has 0 aliphatic rings. The Hall–Kier alpha value is -1.59. The molecule has 19 heavy (non-hydrogen) atoms. The molecule has 0 fully saturated rings. The zero-order chi connectivity index (χ0) is 14.5. The lowest BCUT2D eigenvalue weighted by atomic mass is 9.84. The Morgan fingerprint density at radius 2 is 2.21 bits per heavy atom. The highest BCUT2D eigenvalue weighted by atomic mass is 16.5. The molecule has 0 aromatic heterocycles. The number of benzene rings is 1. The number of amides is 1. The molecule has 0 saturated heterocycles. The summed E-state index contributed by atoms with van der Waals surface area (Å²) < 4.78 is 5.19. The van der Waals surface area contributed by atoms with E-state index >= 15 is 0 Å². The van der Waals surface area contributed by atoms with Crippen LogP contribution in [-0.2, 0) is 10.2 Å². The van der Waals surface area contributed by atoms with Gasteiger partial charge >= 0.3 is 0 Å². The van der Waals surface area contributed by atoms with Crippen molar-refractivity contribution in [3.05, 3.63) is 29.8 Å². The van der Waals surface area contributed by atoms with Gasteiger partial charge in [0, 0.05) is 12.0 Å². The lowest BCUT2D eigenvalue weighted by Gasteiger charge is -2.26. The maximum Gasteiger partial charge on any atom is 0.239 e. The van der Waals surface area contributed by atoms with Gasteiger partial charge in [-0.15, -0.1) is 0 Å². The van der Waals surface area contributed by atoms with Crippen LogP contribution in [0.3, 0.4) is 0 Å². The van der Waals surface area contributed by atoms with Crippen LogP contribution in [0.25, 0.3) is 0 Å². The van der Waals surface area contributed by atoms with Crippen LogP contribution in [0.4, 0.5) is 0 Å². The Bertz CT molecular complexity index is 432. The van der Waals surface area contributed by atoms with Crippen LogP contribution in [0.1, 0.15) is 19.4 Å². The van der Waals surface area contributed by atoms with Crippen molar-refractivity contribution < 1.29 is 14.6 Å². The van der Waals surface area contributed by atoms with Gasteiger partial charge in [-0.25, -0.2) is 0 Å². The predicted molar refractivity (Wildman–Crippen MR) is 74.1 cm³/mol. The second-order valence-electron chi connectivity index (χ2n) is 5.12. The predicted octanol–water partition coefficient (Wildman–Crippen LogP) is 0.409. The molecule has 0 aliphatic heterocycles. The molecule has 0 heterocycles. The van der Waals surface area contributed by atoms with E-state index < -0.39 is 6.04 Å². The normalized spacial score (nSPS) is 12.9. The minimum Gasteiger partial charge on any atom is -0.497 e. The standard InChI is InChI=1S/C14H22N2O3/c1-14(2,9-16-13(18)12(15)8-17)10-5-4-6-11(7-10)19-3/h4-7,12,17H,8-9,15H2,1-3H3,(H,16,18). The van der Waals surface area contributed by atoms with Crippen molar-refractivity contribution in [1.82, 2.24) is 5.32 Å². The van der Waals surface area contributed by atoms with Crippen molar-refractivity contribution >= 4 is 5.91 Å². The highest BCUT2D eigenvalue weighted by Crippen LogP contribution is 2.25. The van der Waals surface area contributed by atoms with E-state index in [1.807, 2.05) is 38.1 Å². The monoisotopic (exact) mass is 266 g/mol. The molecule has 0 radical (unpaired) electrons. The Balaban J connectivity index is 2.72. The third-order valence-electron chi connectivity index (χ3n) is 3.09. The summed E-state index contributed by atoms with van der Waals surface area (Å²) in [6, 6.07) is 6.84. The Kier molecular flexibility index (Phi) is 5.32. The molecule has 0 spiro atoms. The molecule has 5 heteroatoms. The van der Waals surface area contributed by atoms with E-state index in [-0.39, 0.29) is 17.9 Å². The van der Waals surface area contributed by atoms with Crippen molar-refractivity contribution in [3.8, 4) is 5.75 Å². The number of carbonyl (C=O) groups excluding carboxylic acids is 1. The Morgan fingerprint density at radius 3 is 2.79 bits per heavy atom. The van der Waals surface area contributed by atoms with Crippen LogP contribution in [0.15, 0.2) is 24.3 Å². The first-order chi connectivity index (χ1) is 8.90. The van der Waals surface area contributed by atoms with E-state index in [0.29, 0.717) is 6.54 Å². The summed E-state index contributed by atoms with van der Waals surface area (Å²) in [5, 5.41) is 11.6. The Morgan fingerprint density at radius 1 is 1.53 bits per heavy atom. The van der Waals surface area contributed by atoms with Gasteiger partial charge in [0.25, 0.3) is 0 Å². The minimum absolute atomic E-state index is 0.251. The summed E-state index contributed by atoms with van der Waals surface area (Å²) in [5.74, 6) is 0.433. The number of aliphatic hydroxyl groups excluding tert-OH is 1. The van der Waals surface area contributed by atoms with Gasteiger partial charge in [-0.2, -0.15) is 0 Å². The van der Waals surface area contributed by atoms with Gasteiger partial charge in [-0.1, -0.05) is 26.0 Å². The molecule has 1 aromatic carbocycles. The van der Waals surface area contributed by atoms with Gasteiger partial charge < -0.3 is 20.9 Å². The first-order valence-electron chi connectivity index (χ1n) is 6.19. The minimum atomic E-state index is -0.874. The highest BCUT2D eigenvalue weighted by molar-refractivity contribution is 5.81. The first kappa shape index (κ1) is 15.5. The van der Waals surface area contributed by atoms with Gasteiger partial charge in [0.2, 0.25) is 5.91 Å². The fraction of sp³-hybridized carbons (Fsp3) is 0.500. The van der Waals surface area contributed by atoms with Gasteiger partial charge in [0.15, 0.2) is 0 Å². The summed E-state index contributed by atoms with van der Waals surface area (Å²) in [6.45, 7) is 4.12. The van der Waals surface area contributed by atoms with Gasteiger partial charge in [0.1, 0.15) is 11.8 Å². The van der Waals surface area contributed by atoms with E-state index in [4.69, 9.17) is 15.6 Å². The summed E-state index contributed by atoms with van der Waals surface area (Å²) in [7, 11) is 1.62. The largest absolute Gasteiger partial charge is 0.497 e. The van der Waals surface area contributed by atoms with Crippen molar-refractivity contribution in [2.75, 3.05) is 20.3 Å². The summed E-state index contributed by atoms with van der Waals surface area (Å²) >= 11 is 0. The molecule has 1 amide bonds. The number of hydrogen-bond donors (Lipinski definition) is 3. The summed E-state index contributed by atoms with van der Waals surface area (Å²) in [4.78, 5) is 11.6. The van der Waals surface area contributed by atoms with Crippen LogP contribution >= 0.6 is 0 Å². The molecule has 1 aromatic rings. The van der Waals surface area contributed by atoms with Crippen LogP contribution < -0.4 is 15.8 Å². The number of ether oxygens (including phenoxy) is 1. The topological polar surface area (TPSA) is 84.6 Å². The van der Waals surface area contributed by atoms with E-state index in [9.17, 15) is 4.79 Å². The SMILES string of the molecule is COc1cccc(C(C)(C)CNC(=O)C(N)CO)c1. The molecule has 0 saturated carbocycles. The van der Waals surface area contributed by atoms with Gasteiger partial charge in [0.05, 0.1) is 13.7 Å². The second kappa shape index (κ2) is 6.54. The molecule has 4 N–H and O–H groups in total. The average molecular weight is 266 g/mol. The number of aliphatic hydroxyl groups is 1. The van der Waals surface area contributed by atoms with Crippen LogP contribution in [-0.4, -0.2) is 37.3 Å². The fourth-order valence-electron chi connectivity index (χ4n) is 1.67. The quantitative estimate of drug-likeness (QED) is 0.696. The van der Waals surface area contributed by atoms with Crippen LogP contribution in [0, 0.1) is 0 Å². The number of methoxy groups -OCH3 is 1. The van der Waals surface area contributed by atoms with E-state index in [2.05, 4.69) is 5.32 Å². The maximum atomic E-state index is 11.6. The first-order valence-corrected chi connectivity index (χ1v) is 6.19. The van der Waals surface area contributed by atoms with Crippen LogP contribution in [0.2, 0.25) is 0 Å². The van der Waals surface area contributed by atoms with E-state index in [1.54, 1.807) is 7.11 Å². The fourth-order valence-corrected chi connectivity index (χ4v) is 1.67.